The highest BCUT2D eigenvalue weighted by Crippen LogP contribution is 2.23. The smallest absolute Gasteiger partial charge is 0.262 e. The second-order valence-electron chi connectivity index (χ2n) is 7.64. The molecule has 0 saturated carbocycles. The number of hydrogen-bond acceptors (Lipinski definition) is 5. The zero-order chi connectivity index (χ0) is 21.4. The molecule has 0 bridgehead atoms. The Hall–Kier alpha value is -2.64. The Labute approximate surface area is 182 Å². The van der Waals surface area contributed by atoms with Crippen LogP contribution >= 0.6 is 23.4 Å². The number of aryl methyl sites for hydroxylation is 1. The Bertz CT molecular complexity index is 1380. The van der Waals surface area contributed by atoms with Gasteiger partial charge < -0.3 is 4.98 Å². The molecule has 0 aliphatic heterocycles. The average Bonchev–Trinajstić information content (AvgIpc) is 2.70. The molecule has 0 atom stereocenters. The van der Waals surface area contributed by atoms with Crippen LogP contribution in [-0.4, -0.2) is 19.5 Å². The molecule has 4 rings (SSSR count). The second kappa shape index (κ2) is 8.24. The summed E-state index contributed by atoms with van der Waals surface area (Å²) in [5.41, 5.74) is 1.96. The number of aromatic amines is 1. The zero-order valence-electron chi connectivity index (χ0n) is 16.9. The number of hydrogen-bond donors (Lipinski definition) is 1. The molecule has 0 spiro atoms. The molecule has 8 heteroatoms. The first-order chi connectivity index (χ1) is 14.3. The molecule has 0 aliphatic rings. The minimum atomic E-state index is -0.167. The maximum Gasteiger partial charge on any atom is 0.262 e. The number of rotatable bonds is 5. The fourth-order valence-electron chi connectivity index (χ4n) is 3.36. The van der Waals surface area contributed by atoms with Crippen LogP contribution in [0.25, 0.3) is 21.8 Å². The van der Waals surface area contributed by atoms with Gasteiger partial charge in [0.05, 0.1) is 27.6 Å². The molecule has 0 unspecified atom stereocenters. The lowest BCUT2D eigenvalue weighted by Crippen LogP contribution is -2.25. The normalized spacial score (nSPS) is 11.6. The van der Waals surface area contributed by atoms with Crippen molar-refractivity contribution in [3.05, 3.63) is 73.5 Å². The molecule has 0 aliphatic carbocycles. The van der Waals surface area contributed by atoms with E-state index in [2.05, 4.69) is 9.97 Å². The van der Waals surface area contributed by atoms with E-state index in [1.807, 2.05) is 32.9 Å². The van der Waals surface area contributed by atoms with E-state index in [1.165, 1.54) is 11.8 Å². The molecule has 2 aromatic carbocycles. The number of nitrogens with one attached hydrogen (secondary N) is 1. The lowest BCUT2D eigenvalue weighted by Gasteiger charge is -2.15. The van der Waals surface area contributed by atoms with Crippen molar-refractivity contribution in [2.75, 3.05) is 0 Å². The highest BCUT2D eigenvalue weighted by molar-refractivity contribution is 7.98. The van der Waals surface area contributed by atoms with Gasteiger partial charge in [0.1, 0.15) is 5.82 Å². The minimum Gasteiger partial charge on any atom is -0.309 e. The Morgan fingerprint density at radius 3 is 2.70 bits per heavy atom. The molecule has 0 radical (unpaired) electrons. The first-order valence-electron chi connectivity index (χ1n) is 9.65. The van der Waals surface area contributed by atoms with Gasteiger partial charge in [-0.3, -0.25) is 14.2 Å². The van der Waals surface area contributed by atoms with Crippen LogP contribution in [0.15, 0.2) is 51.1 Å². The van der Waals surface area contributed by atoms with Gasteiger partial charge in [0.25, 0.3) is 11.1 Å². The lowest BCUT2D eigenvalue weighted by atomic mass is 10.1. The Morgan fingerprint density at radius 2 is 1.93 bits per heavy atom. The number of thioether (sulfide) groups is 1. The number of para-hydroxylation sites is 1. The molecule has 2 aromatic heterocycles. The highest BCUT2D eigenvalue weighted by atomic mass is 35.5. The standard InChI is InChI=1S/C22H21ClN4O2S/c1-12(2)10-27-21(29)16-9-14(23)7-8-17(16)24-22(27)30-11-18-25-19-13(3)5-4-6-15(19)20(28)26-18/h4-9,12H,10-11H2,1-3H3,(H,25,26,28). The lowest BCUT2D eigenvalue weighted by molar-refractivity contribution is 0.475. The van der Waals surface area contributed by atoms with Crippen molar-refractivity contribution < 1.29 is 0 Å². The maximum atomic E-state index is 13.1. The summed E-state index contributed by atoms with van der Waals surface area (Å²) >= 11 is 7.47. The van der Waals surface area contributed by atoms with Crippen molar-refractivity contribution >= 4 is 45.2 Å². The van der Waals surface area contributed by atoms with Gasteiger partial charge in [0, 0.05) is 11.6 Å². The number of nitrogens with zero attached hydrogens (tertiary/aromatic N) is 3. The molecular formula is C22H21ClN4O2S. The van der Waals surface area contributed by atoms with Crippen molar-refractivity contribution in [2.24, 2.45) is 5.92 Å². The zero-order valence-corrected chi connectivity index (χ0v) is 18.5. The van der Waals surface area contributed by atoms with Crippen LogP contribution < -0.4 is 11.1 Å². The molecular weight excluding hydrogens is 420 g/mol. The molecule has 0 saturated heterocycles. The quantitative estimate of drug-likeness (QED) is 0.364. The molecule has 4 aromatic rings. The summed E-state index contributed by atoms with van der Waals surface area (Å²) in [4.78, 5) is 37.7. The number of benzene rings is 2. The first kappa shape index (κ1) is 20.6. The van der Waals surface area contributed by atoms with E-state index in [-0.39, 0.29) is 17.0 Å². The number of halogens is 1. The number of H-pyrrole nitrogens is 1. The highest BCUT2D eigenvalue weighted by Gasteiger charge is 2.14. The second-order valence-corrected chi connectivity index (χ2v) is 9.02. The molecule has 2 heterocycles. The predicted molar refractivity (Wildman–Crippen MR) is 123 cm³/mol. The summed E-state index contributed by atoms with van der Waals surface area (Å²) in [6.07, 6.45) is 0. The van der Waals surface area contributed by atoms with Crippen LogP contribution in [0.3, 0.4) is 0 Å². The van der Waals surface area contributed by atoms with Crippen LogP contribution in [0.1, 0.15) is 25.2 Å². The predicted octanol–water partition coefficient (Wildman–Crippen LogP) is 4.54. The van der Waals surface area contributed by atoms with Gasteiger partial charge in [-0.15, -0.1) is 0 Å². The van der Waals surface area contributed by atoms with E-state index in [1.54, 1.807) is 28.8 Å². The van der Waals surface area contributed by atoms with E-state index in [0.717, 1.165) is 5.56 Å². The third-order valence-electron chi connectivity index (χ3n) is 4.75. The van der Waals surface area contributed by atoms with Gasteiger partial charge in [-0.25, -0.2) is 9.97 Å². The monoisotopic (exact) mass is 440 g/mol. The summed E-state index contributed by atoms with van der Waals surface area (Å²) < 4.78 is 1.68. The Balaban J connectivity index is 1.76. The van der Waals surface area contributed by atoms with Crippen LogP contribution in [0.2, 0.25) is 5.02 Å². The SMILES string of the molecule is Cc1cccc2c(=O)[nH]c(CSc3nc4ccc(Cl)cc4c(=O)n3CC(C)C)nc12. The number of aromatic nitrogens is 4. The largest absolute Gasteiger partial charge is 0.309 e. The van der Waals surface area contributed by atoms with Crippen LogP contribution in [0.4, 0.5) is 0 Å². The Morgan fingerprint density at radius 1 is 1.13 bits per heavy atom. The van der Waals surface area contributed by atoms with E-state index < -0.39 is 0 Å². The fraction of sp³-hybridized carbons (Fsp3) is 0.273. The summed E-state index contributed by atoms with van der Waals surface area (Å²) in [5.74, 6) is 1.21. The molecule has 1 N–H and O–H groups in total. The third-order valence-corrected chi connectivity index (χ3v) is 5.98. The van der Waals surface area contributed by atoms with Crippen molar-refractivity contribution in [3.8, 4) is 0 Å². The first-order valence-corrected chi connectivity index (χ1v) is 11.0. The minimum absolute atomic E-state index is 0.116. The van der Waals surface area contributed by atoms with Crippen molar-refractivity contribution in [2.45, 2.75) is 38.2 Å². The van der Waals surface area contributed by atoms with Crippen molar-refractivity contribution in [1.29, 1.82) is 0 Å². The summed E-state index contributed by atoms with van der Waals surface area (Å²) in [6, 6.07) is 10.7. The van der Waals surface area contributed by atoms with E-state index in [0.29, 0.717) is 50.1 Å². The van der Waals surface area contributed by atoms with Crippen LogP contribution in [0, 0.1) is 12.8 Å². The fourth-order valence-corrected chi connectivity index (χ4v) is 4.41. The molecule has 30 heavy (non-hydrogen) atoms. The van der Waals surface area contributed by atoms with Gasteiger partial charge in [0.2, 0.25) is 0 Å². The molecule has 6 nitrogen and oxygen atoms in total. The van der Waals surface area contributed by atoms with Gasteiger partial charge in [-0.2, -0.15) is 0 Å². The average molecular weight is 441 g/mol. The van der Waals surface area contributed by atoms with Gasteiger partial charge in [-0.05, 0) is 42.7 Å². The molecule has 0 fully saturated rings. The Kier molecular flexibility index (Phi) is 5.66. The van der Waals surface area contributed by atoms with Crippen LogP contribution in [0.5, 0.6) is 0 Å². The number of fused-ring (bicyclic) bond motifs is 2. The molecule has 154 valence electrons. The summed E-state index contributed by atoms with van der Waals surface area (Å²) in [6.45, 7) is 6.57. The van der Waals surface area contributed by atoms with Crippen molar-refractivity contribution in [1.82, 2.24) is 19.5 Å². The third kappa shape index (κ3) is 4.00. The van der Waals surface area contributed by atoms with Crippen molar-refractivity contribution in [3.63, 3.8) is 0 Å². The summed E-state index contributed by atoms with van der Waals surface area (Å²) in [5, 5.41) is 2.17. The van der Waals surface area contributed by atoms with Crippen LogP contribution in [-0.2, 0) is 12.3 Å². The van der Waals surface area contributed by atoms with E-state index in [9.17, 15) is 9.59 Å². The summed E-state index contributed by atoms with van der Waals surface area (Å²) in [7, 11) is 0. The molecule has 0 amide bonds. The van der Waals surface area contributed by atoms with Gasteiger partial charge in [0.15, 0.2) is 5.16 Å². The van der Waals surface area contributed by atoms with Gasteiger partial charge in [-0.1, -0.05) is 49.3 Å². The van der Waals surface area contributed by atoms with E-state index in [4.69, 9.17) is 16.6 Å². The topological polar surface area (TPSA) is 80.6 Å². The van der Waals surface area contributed by atoms with Gasteiger partial charge >= 0.3 is 0 Å². The maximum absolute atomic E-state index is 13.1. The van der Waals surface area contributed by atoms with E-state index >= 15 is 0 Å².